The number of rotatable bonds is 8. The van der Waals surface area contributed by atoms with Gasteiger partial charge in [-0.1, -0.05) is 29.8 Å². The second kappa shape index (κ2) is 10.5. The lowest BCUT2D eigenvalue weighted by Crippen LogP contribution is -2.36. The lowest BCUT2D eigenvalue weighted by Gasteiger charge is -2.30. The van der Waals surface area contributed by atoms with Gasteiger partial charge in [-0.2, -0.15) is 4.98 Å². The van der Waals surface area contributed by atoms with Crippen LogP contribution in [0.1, 0.15) is 36.8 Å². The molecule has 2 heterocycles. The van der Waals surface area contributed by atoms with Gasteiger partial charge in [0.1, 0.15) is 5.82 Å². The number of nitrogens with one attached hydrogen (secondary N) is 2. The molecule has 0 bridgehead atoms. The topological polar surface area (TPSA) is 92.2 Å². The van der Waals surface area contributed by atoms with Gasteiger partial charge in [0.25, 0.3) is 10.0 Å². The monoisotopic (exact) mass is 518 g/mol. The second-order valence-electron chi connectivity index (χ2n) is 10.0. The minimum absolute atomic E-state index is 0.298. The number of aryl methyl sites for hydroxylation is 1. The molecule has 0 unspecified atom stereocenters. The lowest BCUT2D eigenvalue weighted by molar-refractivity contribution is 0.352. The highest BCUT2D eigenvalue weighted by atomic mass is 32.2. The summed E-state index contributed by atoms with van der Waals surface area (Å²) < 4.78 is 27.1. The zero-order valence-corrected chi connectivity index (χ0v) is 22.4. The van der Waals surface area contributed by atoms with Gasteiger partial charge in [0.15, 0.2) is 0 Å². The van der Waals surface area contributed by atoms with Gasteiger partial charge in [-0.15, -0.1) is 0 Å². The number of hydrogen-bond acceptors (Lipinski definition) is 7. The molecule has 1 fully saturated rings. The fraction of sp³-hybridized carbons (Fsp3) is 0.357. The van der Waals surface area contributed by atoms with E-state index in [1.165, 1.54) is 3.97 Å². The van der Waals surface area contributed by atoms with E-state index < -0.39 is 10.0 Å². The average molecular weight is 519 g/mol. The molecule has 1 aliphatic carbocycles. The SMILES string of the molecule is Cc1ccc(S(=O)(=O)n2ccc(CN[C@H]3CC[C@@H](Nc4nc(N(C)C)c5ccccc5n4)CC3)c2)cc1. The van der Waals surface area contributed by atoms with Crippen LogP contribution in [0.25, 0.3) is 10.9 Å². The summed E-state index contributed by atoms with van der Waals surface area (Å²) in [6.07, 6.45) is 7.44. The van der Waals surface area contributed by atoms with E-state index in [0.717, 1.165) is 53.5 Å². The molecule has 1 saturated carbocycles. The predicted octanol–water partition coefficient (Wildman–Crippen LogP) is 4.56. The summed E-state index contributed by atoms with van der Waals surface area (Å²) in [6.45, 7) is 2.58. The van der Waals surface area contributed by atoms with Gasteiger partial charge < -0.3 is 15.5 Å². The highest BCUT2D eigenvalue weighted by molar-refractivity contribution is 7.90. The van der Waals surface area contributed by atoms with Crippen molar-refractivity contribution in [3.63, 3.8) is 0 Å². The maximum absolute atomic E-state index is 12.9. The summed E-state index contributed by atoms with van der Waals surface area (Å²) in [4.78, 5) is 11.8. The van der Waals surface area contributed by atoms with Crippen molar-refractivity contribution in [3.05, 3.63) is 78.1 Å². The van der Waals surface area contributed by atoms with Gasteiger partial charge in [0.05, 0.1) is 10.4 Å². The molecule has 2 aromatic heterocycles. The summed E-state index contributed by atoms with van der Waals surface area (Å²) in [6, 6.07) is 17.6. The molecular weight excluding hydrogens is 484 g/mol. The number of hydrogen-bond donors (Lipinski definition) is 2. The number of para-hydroxylation sites is 1. The van der Waals surface area contributed by atoms with Crippen molar-refractivity contribution in [3.8, 4) is 0 Å². The normalized spacial score (nSPS) is 18.1. The molecule has 0 spiro atoms. The zero-order valence-electron chi connectivity index (χ0n) is 21.6. The summed E-state index contributed by atoms with van der Waals surface area (Å²) in [7, 11) is 0.431. The third-order valence-electron chi connectivity index (χ3n) is 6.99. The molecule has 2 aromatic carbocycles. The first-order chi connectivity index (χ1) is 17.8. The Kier molecular flexibility index (Phi) is 7.17. The van der Waals surface area contributed by atoms with E-state index in [2.05, 4.69) is 16.7 Å². The maximum Gasteiger partial charge on any atom is 0.267 e. The number of fused-ring (bicyclic) bond motifs is 1. The van der Waals surface area contributed by atoms with Crippen LogP contribution in [0.5, 0.6) is 0 Å². The first kappa shape index (κ1) is 25.2. The summed E-state index contributed by atoms with van der Waals surface area (Å²) >= 11 is 0. The Hall–Kier alpha value is -3.43. The van der Waals surface area contributed by atoms with Crippen LogP contribution in [-0.2, 0) is 16.6 Å². The van der Waals surface area contributed by atoms with Gasteiger partial charge in [-0.25, -0.2) is 17.4 Å². The summed E-state index contributed by atoms with van der Waals surface area (Å²) in [5.41, 5.74) is 2.93. The minimum atomic E-state index is -3.57. The van der Waals surface area contributed by atoms with Crippen molar-refractivity contribution in [1.82, 2.24) is 19.3 Å². The fourth-order valence-corrected chi connectivity index (χ4v) is 6.08. The summed E-state index contributed by atoms with van der Waals surface area (Å²) in [5.74, 6) is 1.59. The van der Waals surface area contributed by atoms with E-state index in [-0.39, 0.29) is 0 Å². The molecule has 2 N–H and O–H groups in total. The molecule has 37 heavy (non-hydrogen) atoms. The zero-order chi connectivity index (χ0) is 26.0. The van der Waals surface area contributed by atoms with Crippen molar-refractivity contribution in [2.75, 3.05) is 24.3 Å². The molecule has 9 heteroatoms. The first-order valence-corrected chi connectivity index (χ1v) is 14.2. The molecule has 0 radical (unpaired) electrons. The van der Waals surface area contributed by atoms with Gasteiger partial charge in [-0.05, 0) is 68.5 Å². The Labute approximate surface area is 218 Å². The third-order valence-corrected chi connectivity index (χ3v) is 8.64. The molecule has 0 atom stereocenters. The number of anilines is 2. The largest absolute Gasteiger partial charge is 0.362 e. The van der Waals surface area contributed by atoms with Crippen LogP contribution in [0, 0.1) is 6.92 Å². The first-order valence-electron chi connectivity index (χ1n) is 12.7. The van der Waals surface area contributed by atoms with E-state index >= 15 is 0 Å². The number of aromatic nitrogens is 3. The van der Waals surface area contributed by atoms with Crippen LogP contribution in [-0.4, -0.2) is 48.5 Å². The van der Waals surface area contributed by atoms with Gasteiger partial charge in [-0.3, -0.25) is 0 Å². The molecule has 5 rings (SSSR count). The van der Waals surface area contributed by atoms with Crippen LogP contribution in [0.3, 0.4) is 0 Å². The molecule has 0 aliphatic heterocycles. The van der Waals surface area contributed by atoms with Crippen molar-refractivity contribution >= 4 is 32.7 Å². The van der Waals surface area contributed by atoms with Crippen LogP contribution < -0.4 is 15.5 Å². The van der Waals surface area contributed by atoms with Crippen LogP contribution in [0.2, 0.25) is 0 Å². The van der Waals surface area contributed by atoms with Crippen molar-refractivity contribution in [2.45, 2.75) is 56.1 Å². The van der Waals surface area contributed by atoms with E-state index in [1.807, 2.05) is 62.3 Å². The van der Waals surface area contributed by atoms with Crippen LogP contribution in [0.4, 0.5) is 11.8 Å². The van der Waals surface area contributed by atoms with E-state index in [4.69, 9.17) is 9.97 Å². The van der Waals surface area contributed by atoms with E-state index in [1.54, 1.807) is 24.5 Å². The molecule has 1 aliphatic rings. The van der Waals surface area contributed by atoms with E-state index in [9.17, 15) is 8.42 Å². The highest BCUT2D eigenvalue weighted by Crippen LogP contribution is 2.26. The molecule has 8 nitrogen and oxygen atoms in total. The lowest BCUT2D eigenvalue weighted by atomic mass is 9.91. The third kappa shape index (κ3) is 5.62. The Morgan fingerprint density at radius 3 is 2.38 bits per heavy atom. The van der Waals surface area contributed by atoms with Crippen LogP contribution >= 0.6 is 0 Å². The highest BCUT2D eigenvalue weighted by Gasteiger charge is 2.23. The molecule has 0 saturated heterocycles. The number of nitrogens with zero attached hydrogens (tertiary/aromatic N) is 4. The Morgan fingerprint density at radius 1 is 0.946 bits per heavy atom. The van der Waals surface area contributed by atoms with Crippen molar-refractivity contribution in [1.29, 1.82) is 0 Å². The van der Waals surface area contributed by atoms with Crippen molar-refractivity contribution in [2.24, 2.45) is 0 Å². The van der Waals surface area contributed by atoms with E-state index in [0.29, 0.717) is 29.5 Å². The summed E-state index contributed by atoms with van der Waals surface area (Å²) in [5, 5.41) is 8.21. The van der Waals surface area contributed by atoms with Crippen molar-refractivity contribution < 1.29 is 8.42 Å². The van der Waals surface area contributed by atoms with Crippen LogP contribution in [0.15, 0.2) is 71.9 Å². The molecular formula is C28H34N6O2S. The smallest absolute Gasteiger partial charge is 0.267 e. The van der Waals surface area contributed by atoms with Gasteiger partial charge >= 0.3 is 0 Å². The quantitative estimate of drug-likeness (QED) is 0.353. The Balaban J connectivity index is 1.15. The Morgan fingerprint density at radius 2 is 1.65 bits per heavy atom. The predicted molar refractivity (Wildman–Crippen MR) is 149 cm³/mol. The minimum Gasteiger partial charge on any atom is -0.362 e. The molecule has 0 amide bonds. The molecule has 194 valence electrons. The standard InChI is InChI=1S/C28H34N6O2S/c1-20-8-14-24(15-9-20)37(35,36)34-17-16-21(19-34)18-29-22-10-12-23(13-11-22)30-28-31-26-7-5-4-6-25(26)27(32-28)33(2)3/h4-9,14-17,19,22-23,29H,10-13,18H2,1-3H3,(H,30,31,32)/t22-,23+. The average Bonchev–Trinajstić information content (AvgIpc) is 3.38. The second-order valence-corrected chi connectivity index (χ2v) is 11.9. The van der Waals surface area contributed by atoms with Gasteiger partial charge in [0, 0.05) is 50.5 Å². The fourth-order valence-electron chi connectivity index (χ4n) is 4.86. The number of benzene rings is 2. The molecule has 4 aromatic rings. The maximum atomic E-state index is 12.9. The Bertz CT molecular complexity index is 1470. The van der Waals surface area contributed by atoms with Gasteiger partial charge in [0.2, 0.25) is 5.95 Å².